The van der Waals surface area contributed by atoms with Crippen molar-refractivity contribution in [3.63, 3.8) is 0 Å². The molecule has 0 bridgehead atoms. The Hall–Kier alpha value is -2.83. The van der Waals surface area contributed by atoms with Gasteiger partial charge in [0, 0.05) is 41.8 Å². The number of thiazole rings is 1. The van der Waals surface area contributed by atoms with Crippen LogP contribution in [0.15, 0.2) is 48.9 Å². The molecule has 28 heavy (non-hydrogen) atoms. The summed E-state index contributed by atoms with van der Waals surface area (Å²) in [4.78, 5) is 29.3. The number of nitrogens with zero attached hydrogens (tertiary/aromatic N) is 3. The van der Waals surface area contributed by atoms with Crippen LogP contribution < -0.4 is 0 Å². The molecule has 0 atom stereocenters. The molecule has 3 aromatic heterocycles. The monoisotopic (exact) mass is 408 g/mol. The largest absolute Gasteiger partial charge is 0.344 e. The van der Waals surface area contributed by atoms with Crippen molar-refractivity contribution in [2.75, 3.05) is 0 Å². The van der Waals surface area contributed by atoms with E-state index < -0.39 is 0 Å². The Balaban J connectivity index is 1.90. The van der Waals surface area contributed by atoms with Crippen molar-refractivity contribution in [3.8, 4) is 32.5 Å². The molecule has 1 N–H and O–H groups in total. The second kappa shape index (κ2) is 7.66. The van der Waals surface area contributed by atoms with E-state index >= 15 is 0 Å². The van der Waals surface area contributed by atoms with Crippen LogP contribution in [0.4, 0.5) is 0 Å². The number of imidazole rings is 1. The van der Waals surface area contributed by atoms with Gasteiger partial charge >= 0.3 is 0 Å². The van der Waals surface area contributed by atoms with Gasteiger partial charge in [-0.3, -0.25) is 9.78 Å². The molecular formula is C21H17ClN4OS. The molecule has 5 nitrogen and oxygen atoms in total. The van der Waals surface area contributed by atoms with Gasteiger partial charge in [-0.25, -0.2) is 9.97 Å². The number of H-pyrrole nitrogens is 1. The van der Waals surface area contributed by atoms with E-state index in [2.05, 4.69) is 15.0 Å². The number of carbonyl (C=O) groups is 1. The number of nitrogens with one attached hydrogen (secondary N) is 1. The van der Waals surface area contributed by atoms with E-state index in [-0.39, 0.29) is 5.78 Å². The van der Waals surface area contributed by atoms with Gasteiger partial charge in [-0.05, 0) is 31.5 Å². The predicted octanol–water partition coefficient (Wildman–Crippen LogP) is 5.36. The number of pyridine rings is 1. The van der Waals surface area contributed by atoms with Crippen molar-refractivity contribution in [2.24, 2.45) is 0 Å². The van der Waals surface area contributed by atoms with E-state index in [0.29, 0.717) is 11.4 Å². The number of halogens is 1. The Kier molecular flexibility index (Phi) is 5.07. The molecule has 3 heterocycles. The molecule has 0 unspecified atom stereocenters. The van der Waals surface area contributed by atoms with Gasteiger partial charge in [-0.2, -0.15) is 0 Å². The molecule has 0 saturated carbocycles. The molecule has 140 valence electrons. The second-order valence-electron chi connectivity index (χ2n) is 6.48. The number of ketones is 1. The van der Waals surface area contributed by atoms with E-state index in [0.717, 1.165) is 43.8 Å². The summed E-state index contributed by atoms with van der Waals surface area (Å²) in [6.07, 6.45) is 5.60. The van der Waals surface area contributed by atoms with Crippen molar-refractivity contribution < 1.29 is 4.79 Å². The average molecular weight is 409 g/mol. The van der Waals surface area contributed by atoms with Crippen LogP contribution in [0, 0.1) is 6.92 Å². The van der Waals surface area contributed by atoms with Crippen molar-refractivity contribution in [1.82, 2.24) is 19.9 Å². The second-order valence-corrected chi connectivity index (χ2v) is 7.89. The van der Waals surface area contributed by atoms with Gasteiger partial charge < -0.3 is 4.98 Å². The van der Waals surface area contributed by atoms with Crippen molar-refractivity contribution in [1.29, 1.82) is 0 Å². The van der Waals surface area contributed by atoms with Crippen LogP contribution in [-0.2, 0) is 11.2 Å². The van der Waals surface area contributed by atoms with Crippen LogP contribution in [0.2, 0.25) is 5.02 Å². The van der Waals surface area contributed by atoms with Crippen LogP contribution in [0.1, 0.15) is 18.2 Å². The van der Waals surface area contributed by atoms with Crippen molar-refractivity contribution in [2.45, 2.75) is 20.3 Å². The van der Waals surface area contributed by atoms with E-state index in [1.165, 1.54) is 11.3 Å². The lowest BCUT2D eigenvalue weighted by Gasteiger charge is -2.05. The number of hydrogen-bond donors (Lipinski definition) is 1. The number of aryl methyl sites for hydroxylation is 1. The molecule has 0 fully saturated rings. The molecule has 0 aliphatic carbocycles. The van der Waals surface area contributed by atoms with Crippen molar-refractivity contribution in [3.05, 3.63) is 65.2 Å². The normalized spacial score (nSPS) is 11.0. The minimum absolute atomic E-state index is 0.0782. The molecule has 4 aromatic rings. The summed E-state index contributed by atoms with van der Waals surface area (Å²) < 4.78 is 0. The summed E-state index contributed by atoms with van der Waals surface area (Å²) in [6, 6.07) is 9.58. The predicted molar refractivity (Wildman–Crippen MR) is 112 cm³/mol. The average Bonchev–Trinajstić information content (AvgIpc) is 3.32. The molecule has 0 saturated heterocycles. The minimum Gasteiger partial charge on any atom is -0.344 e. The summed E-state index contributed by atoms with van der Waals surface area (Å²) in [6.45, 7) is 3.55. The third-order valence-corrected chi connectivity index (χ3v) is 5.71. The van der Waals surface area contributed by atoms with Gasteiger partial charge in [-0.15, -0.1) is 11.3 Å². The lowest BCUT2D eigenvalue weighted by atomic mass is 10.1. The van der Waals surface area contributed by atoms with Crippen molar-refractivity contribution >= 4 is 28.7 Å². The highest BCUT2D eigenvalue weighted by Crippen LogP contribution is 2.42. The molecule has 4 rings (SSSR count). The first-order valence-electron chi connectivity index (χ1n) is 8.73. The number of benzene rings is 1. The molecule has 1 aromatic carbocycles. The lowest BCUT2D eigenvalue weighted by Crippen LogP contribution is -2.00. The van der Waals surface area contributed by atoms with Gasteiger partial charge in [0.05, 0.1) is 15.6 Å². The number of rotatable bonds is 5. The summed E-state index contributed by atoms with van der Waals surface area (Å²) in [5.41, 5.74) is 4.33. The highest BCUT2D eigenvalue weighted by atomic mass is 35.5. The number of carbonyl (C=O) groups excluding carboxylic acids is 1. The molecule has 0 aliphatic rings. The number of Topliss-reactive ketones (excluding diaryl/α,β-unsaturated/α-hetero) is 1. The third kappa shape index (κ3) is 3.61. The maximum Gasteiger partial charge on any atom is 0.149 e. The molecule has 7 heteroatoms. The lowest BCUT2D eigenvalue weighted by molar-refractivity contribution is -0.116. The highest BCUT2D eigenvalue weighted by molar-refractivity contribution is 7.18. The highest BCUT2D eigenvalue weighted by Gasteiger charge is 2.20. The number of aromatic amines is 1. The molecular weight excluding hydrogens is 392 g/mol. The van der Waals surface area contributed by atoms with E-state index in [9.17, 15) is 4.79 Å². The molecule has 0 spiro atoms. The van der Waals surface area contributed by atoms with E-state index in [4.69, 9.17) is 16.6 Å². The molecule has 0 radical (unpaired) electrons. The topological polar surface area (TPSA) is 71.5 Å². The Labute approximate surface area is 171 Å². The van der Waals surface area contributed by atoms with Gasteiger partial charge in [-0.1, -0.05) is 29.8 Å². The molecule has 0 aliphatic heterocycles. The Morgan fingerprint density at radius 2 is 2.04 bits per heavy atom. The van der Waals surface area contributed by atoms with Crippen LogP contribution in [0.25, 0.3) is 32.5 Å². The standard InChI is InChI=1S/C21H17ClN4OS/c1-12-11-25-14(9-13(2)27)10-16(12)21-26-18(15-5-3-4-6-17(15)22)19(28-21)20-23-7-8-24-20/h3-8,10-11H,9H2,1-2H3,(H,23,24). The Morgan fingerprint density at radius 3 is 2.75 bits per heavy atom. The Bertz CT molecular complexity index is 1150. The first-order chi connectivity index (χ1) is 13.5. The van der Waals surface area contributed by atoms with Crippen LogP contribution >= 0.6 is 22.9 Å². The van der Waals surface area contributed by atoms with Gasteiger partial charge in [0.1, 0.15) is 16.6 Å². The quantitative estimate of drug-likeness (QED) is 0.482. The summed E-state index contributed by atoms with van der Waals surface area (Å²) in [5, 5.41) is 1.47. The van der Waals surface area contributed by atoms with E-state index in [1.807, 2.05) is 37.3 Å². The van der Waals surface area contributed by atoms with Crippen LogP contribution in [0.3, 0.4) is 0 Å². The first-order valence-corrected chi connectivity index (χ1v) is 9.93. The van der Waals surface area contributed by atoms with Crippen LogP contribution in [0.5, 0.6) is 0 Å². The zero-order chi connectivity index (χ0) is 19.7. The maximum absolute atomic E-state index is 11.5. The van der Waals surface area contributed by atoms with Crippen LogP contribution in [-0.4, -0.2) is 25.7 Å². The fraction of sp³-hybridized carbons (Fsp3) is 0.143. The number of aromatic nitrogens is 4. The fourth-order valence-corrected chi connectivity index (χ4v) is 4.32. The zero-order valence-electron chi connectivity index (χ0n) is 15.4. The summed E-state index contributed by atoms with van der Waals surface area (Å²) in [5.74, 6) is 0.823. The molecule has 0 amide bonds. The Morgan fingerprint density at radius 1 is 1.21 bits per heavy atom. The van der Waals surface area contributed by atoms with Gasteiger partial charge in [0.2, 0.25) is 0 Å². The summed E-state index contributed by atoms with van der Waals surface area (Å²) in [7, 11) is 0. The van der Waals surface area contributed by atoms with Gasteiger partial charge in [0.15, 0.2) is 0 Å². The smallest absolute Gasteiger partial charge is 0.149 e. The first kappa shape index (κ1) is 18.5. The third-order valence-electron chi connectivity index (χ3n) is 4.29. The van der Waals surface area contributed by atoms with Gasteiger partial charge in [0.25, 0.3) is 0 Å². The summed E-state index contributed by atoms with van der Waals surface area (Å²) >= 11 is 7.99. The fourth-order valence-electron chi connectivity index (χ4n) is 2.97. The minimum atomic E-state index is 0.0782. The number of hydrogen-bond acceptors (Lipinski definition) is 5. The SMILES string of the molecule is CC(=O)Cc1cc(-c2nc(-c3ccccc3Cl)c(-c3ncc[nH]3)s2)c(C)cn1. The maximum atomic E-state index is 11.5. The zero-order valence-corrected chi connectivity index (χ0v) is 16.9. The van der Waals surface area contributed by atoms with E-state index in [1.54, 1.807) is 25.5 Å².